The van der Waals surface area contributed by atoms with Crippen LogP contribution in [-0.4, -0.2) is 22.1 Å². The summed E-state index contributed by atoms with van der Waals surface area (Å²) in [4.78, 5) is 8.64. The maximum atomic E-state index is 5.65. The molecular weight excluding hydrogens is 214 g/mol. The summed E-state index contributed by atoms with van der Waals surface area (Å²) in [5, 5.41) is 3.14. The summed E-state index contributed by atoms with van der Waals surface area (Å²) in [5.41, 5.74) is -0.664. The van der Waals surface area contributed by atoms with E-state index < -0.39 is 5.60 Å². The van der Waals surface area contributed by atoms with Crippen LogP contribution in [0.2, 0.25) is 0 Å². The van der Waals surface area contributed by atoms with Crippen LogP contribution < -0.4 is 10.1 Å². The molecule has 0 fully saturated rings. The number of terminal acetylenes is 1. The lowest BCUT2D eigenvalue weighted by molar-refractivity contribution is 0.164. The number of rotatable bonds is 5. The van der Waals surface area contributed by atoms with Crippen LogP contribution in [0.4, 0.5) is 5.82 Å². The molecule has 0 bridgehead atoms. The van der Waals surface area contributed by atoms with Crippen LogP contribution in [0.15, 0.2) is 6.07 Å². The quantitative estimate of drug-likeness (QED) is 0.792. The highest BCUT2D eigenvalue weighted by Crippen LogP contribution is 2.19. The molecule has 0 aliphatic heterocycles. The molecule has 1 N–H and O–H groups in total. The lowest BCUT2D eigenvalue weighted by Gasteiger charge is -2.20. The molecule has 17 heavy (non-hydrogen) atoms. The monoisotopic (exact) mass is 233 g/mol. The summed E-state index contributed by atoms with van der Waals surface area (Å²) >= 11 is 0. The van der Waals surface area contributed by atoms with E-state index in [-0.39, 0.29) is 0 Å². The SMILES string of the molecule is C#CC(C)(C)Oc1cc(NCC)nc(CC)n1. The molecule has 0 saturated carbocycles. The molecule has 4 nitrogen and oxygen atoms in total. The van der Waals surface area contributed by atoms with E-state index >= 15 is 0 Å². The predicted molar refractivity (Wildman–Crippen MR) is 69.1 cm³/mol. The molecule has 1 aromatic rings. The van der Waals surface area contributed by atoms with Crippen molar-refractivity contribution in [2.75, 3.05) is 11.9 Å². The molecule has 92 valence electrons. The van der Waals surface area contributed by atoms with Crippen molar-refractivity contribution in [3.8, 4) is 18.2 Å². The summed E-state index contributed by atoms with van der Waals surface area (Å²) in [6.07, 6.45) is 6.14. The van der Waals surface area contributed by atoms with Crippen LogP contribution in [0.3, 0.4) is 0 Å². The highest BCUT2D eigenvalue weighted by Gasteiger charge is 2.17. The number of nitrogens with one attached hydrogen (secondary N) is 1. The average Bonchev–Trinajstić information content (AvgIpc) is 2.28. The number of hydrogen-bond acceptors (Lipinski definition) is 4. The first-order chi connectivity index (χ1) is 8.00. The van der Waals surface area contributed by atoms with Gasteiger partial charge in [-0.15, -0.1) is 6.42 Å². The summed E-state index contributed by atoms with van der Waals surface area (Å²) in [6.45, 7) is 8.47. The van der Waals surface area contributed by atoms with Crippen molar-refractivity contribution in [3.63, 3.8) is 0 Å². The van der Waals surface area contributed by atoms with Gasteiger partial charge in [0.1, 0.15) is 11.6 Å². The Morgan fingerprint density at radius 1 is 1.41 bits per heavy atom. The topological polar surface area (TPSA) is 47.0 Å². The Bertz CT molecular complexity index is 421. The molecule has 1 heterocycles. The smallest absolute Gasteiger partial charge is 0.220 e. The number of aromatic nitrogens is 2. The van der Waals surface area contributed by atoms with Crippen LogP contribution in [0.25, 0.3) is 0 Å². The molecular formula is C13H19N3O. The summed E-state index contributed by atoms with van der Waals surface area (Å²) in [7, 11) is 0. The van der Waals surface area contributed by atoms with Crippen LogP contribution in [0.5, 0.6) is 5.88 Å². The third kappa shape index (κ3) is 3.95. The van der Waals surface area contributed by atoms with Crippen molar-refractivity contribution in [1.82, 2.24) is 9.97 Å². The van der Waals surface area contributed by atoms with Gasteiger partial charge in [0.2, 0.25) is 5.88 Å². The summed E-state index contributed by atoms with van der Waals surface area (Å²) in [6, 6.07) is 1.77. The molecule has 4 heteroatoms. The second-order valence-corrected chi connectivity index (χ2v) is 4.15. The van der Waals surface area contributed by atoms with Crippen LogP contribution in [0, 0.1) is 12.3 Å². The third-order valence-electron chi connectivity index (χ3n) is 2.13. The second-order valence-electron chi connectivity index (χ2n) is 4.15. The molecule has 0 unspecified atom stereocenters. The molecule has 0 atom stereocenters. The molecule has 0 radical (unpaired) electrons. The van der Waals surface area contributed by atoms with Crippen molar-refractivity contribution < 1.29 is 4.74 Å². The van der Waals surface area contributed by atoms with Crippen LogP contribution in [0.1, 0.15) is 33.5 Å². The normalized spacial score (nSPS) is 10.8. The molecule has 0 aromatic carbocycles. The van der Waals surface area contributed by atoms with Gasteiger partial charge in [-0.1, -0.05) is 12.8 Å². The predicted octanol–water partition coefficient (Wildman–Crippen LogP) is 2.26. The van der Waals surface area contributed by atoms with Gasteiger partial charge in [-0.2, -0.15) is 4.98 Å². The zero-order chi connectivity index (χ0) is 12.9. The van der Waals surface area contributed by atoms with E-state index in [2.05, 4.69) is 21.2 Å². The Balaban J connectivity index is 2.99. The lowest BCUT2D eigenvalue weighted by atomic mass is 10.1. The van der Waals surface area contributed by atoms with Crippen molar-refractivity contribution in [3.05, 3.63) is 11.9 Å². The minimum atomic E-state index is -0.664. The van der Waals surface area contributed by atoms with E-state index in [1.165, 1.54) is 0 Å². The lowest BCUT2D eigenvalue weighted by Crippen LogP contribution is -2.26. The van der Waals surface area contributed by atoms with Gasteiger partial charge in [0, 0.05) is 19.0 Å². The Labute approximate surface area is 103 Å². The van der Waals surface area contributed by atoms with Gasteiger partial charge in [0.15, 0.2) is 5.60 Å². The Morgan fingerprint density at radius 3 is 2.65 bits per heavy atom. The van der Waals surface area contributed by atoms with E-state index in [0.717, 1.165) is 24.6 Å². The number of nitrogens with zero attached hydrogens (tertiary/aromatic N) is 2. The first-order valence-corrected chi connectivity index (χ1v) is 5.79. The van der Waals surface area contributed by atoms with Crippen LogP contribution >= 0.6 is 0 Å². The molecule has 0 saturated heterocycles. The van der Waals surface area contributed by atoms with Gasteiger partial charge in [-0.25, -0.2) is 4.98 Å². The maximum Gasteiger partial charge on any atom is 0.220 e. The first-order valence-electron chi connectivity index (χ1n) is 5.79. The first kappa shape index (κ1) is 13.3. The molecule has 0 aliphatic carbocycles. The van der Waals surface area contributed by atoms with Gasteiger partial charge < -0.3 is 10.1 Å². The van der Waals surface area contributed by atoms with E-state index in [9.17, 15) is 0 Å². The Kier molecular flexibility index (Phi) is 4.33. The molecule has 0 amide bonds. The third-order valence-corrected chi connectivity index (χ3v) is 2.13. The highest BCUT2D eigenvalue weighted by atomic mass is 16.5. The maximum absolute atomic E-state index is 5.65. The fourth-order valence-electron chi connectivity index (χ4n) is 1.25. The Morgan fingerprint density at radius 2 is 2.12 bits per heavy atom. The van der Waals surface area contributed by atoms with Crippen molar-refractivity contribution in [2.24, 2.45) is 0 Å². The second kappa shape index (κ2) is 5.53. The van der Waals surface area contributed by atoms with Gasteiger partial charge in [0.05, 0.1) is 0 Å². The van der Waals surface area contributed by atoms with Crippen molar-refractivity contribution in [1.29, 1.82) is 0 Å². The fourth-order valence-corrected chi connectivity index (χ4v) is 1.25. The number of aryl methyl sites for hydroxylation is 1. The summed E-state index contributed by atoms with van der Waals surface area (Å²) < 4.78 is 5.65. The minimum Gasteiger partial charge on any atom is -0.458 e. The van der Waals surface area contributed by atoms with E-state index in [1.54, 1.807) is 6.07 Å². The molecule has 0 spiro atoms. The van der Waals surface area contributed by atoms with Gasteiger partial charge in [-0.3, -0.25) is 0 Å². The van der Waals surface area contributed by atoms with E-state index in [4.69, 9.17) is 11.2 Å². The Hall–Kier alpha value is -1.76. The highest BCUT2D eigenvalue weighted by molar-refractivity contribution is 5.38. The number of ether oxygens (including phenoxy) is 1. The van der Waals surface area contributed by atoms with Crippen molar-refractivity contribution in [2.45, 2.75) is 39.7 Å². The zero-order valence-electron chi connectivity index (χ0n) is 10.9. The average molecular weight is 233 g/mol. The molecule has 1 rings (SSSR count). The van der Waals surface area contributed by atoms with Crippen LogP contribution in [-0.2, 0) is 6.42 Å². The standard InChI is InChI=1S/C13H19N3O/c1-6-10-15-11(14-8-3)9-12(16-10)17-13(4,5)7-2/h2,9H,6,8H2,1,3-5H3,(H,14,15,16). The largest absolute Gasteiger partial charge is 0.458 e. The minimum absolute atomic E-state index is 0.510. The molecule has 1 aromatic heterocycles. The van der Waals surface area contributed by atoms with Gasteiger partial charge in [-0.05, 0) is 20.8 Å². The van der Waals surface area contributed by atoms with Crippen molar-refractivity contribution >= 4 is 5.82 Å². The molecule has 0 aliphatic rings. The van der Waals surface area contributed by atoms with E-state index in [1.807, 2.05) is 27.7 Å². The fraction of sp³-hybridized carbons (Fsp3) is 0.538. The van der Waals surface area contributed by atoms with E-state index in [0.29, 0.717) is 5.88 Å². The van der Waals surface area contributed by atoms with Gasteiger partial charge >= 0.3 is 0 Å². The summed E-state index contributed by atoms with van der Waals surface area (Å²) in [5.74, 6) is 4.59. The zero-order valence-corrected chi connectivity index (χ0v) is 10.9. The number of anilines is 1. The number of hydrogen-bond donors (Lipinski definition) is 1. The van der Waals surface area contributed by atoms with Gasteiger partial charge in [0.25, 0.3) is 0 Å².